The number of pyridine rings is 1. The third-order valence-corrected chi connectivity index (χ3v) is 7.75. The van der Waals surface area contributed by atoms with Crippen LogP contribution in [0.3, 0.4) is 0 Å². The fourth-order valence-corrected chi connectivity index (χ4v) is 6.32. The van der Waals surface area contributed by atoms with Gasteiger partial charge in [0.25, 0.3) is 0 Å². The van der Waals surface area contributed by atoms with E-state index in [0.717, 1.165) is 42.5 Å². The number of allylic oxidation sites excluding steroid dienone is 2. The van der Waals surface area contributed by atoms with Crippen molar-refractivity contribution in [2.75, 3.05) is 7.11 Å². The van der Waals surface area contributed by atoms with Crippen LogP contribution >= 0.6 is 0 Å². The zero-order valence-corrected chi connectivity index (χ0v) is 19.1. The molecular formula is C28H30FNO3. The van der Waals surface area contributed by atoms with Crippen LogP contribution in [0.1, 0.15) is 38.3 Å². The fourth-order valence-electron chi connectivity index (χ4n) is 6.32. The standard InChI is InChI=1S/C28H30FNO3/c1-17-27-25(11-9-23-8-7-20(15-30-23)19-4-3-5-22(29)13-19)24-10-6-18(16-32-2)12-21(24)14-26(27)28(31)33-17/h3-5,7-9,11,13,15-17,21,24-27H,6,10,12,14H2,1-2H3/t17-,21+,24-,25+,26-,27+/m1/s1. The van der Waals surface area contributed by atoms with Gasteiger partial charge in [0.2, 0.25) is 0 Å². The normalized spacial score (nSPS) is 32.5. The van der Waals surface area contributed by atoms with Gasteiger partial charge >= 0.3 is 5.97 Å². The molecule has 2 saturated carbocycles. The minimum atomic E-state index is -0.253. The molecule has 172 valence electrons. The number of hydrogen-bond donors (Lipinski definition) is 0. The van der Waals surface area contributed by atoms with Gasteiger partial charge in [-0.15, -0.1) is 0 Å². The van der Waals surface area contributed by atoms with Gasteiger partial charge in [0.1, 0.15) is 11.9 Å². The van der Waals surface area contributed by atoms with Crippen molar-refractivity contribution in [3.8, 4) is 11.1 Å². The van der Waals surface area contributed by atoms with E-state index in [1.54, 1.807) is 19.4 Å². The van der Waals surface area contributed by atoms with Crippen LogP contribution in [0.15, 0.2) is 60.5 Å². The van der Waals surface area contributed by atoms with Gasteiger partial charge < -0.3 is 9.47 Å². The van der Waals surface area contributed by atoms with Crippen LogP contribution in [0.25, 0.3) is 17.2 Å². The highest BCUT2D eigenvalue weighted by molar-refractivity contribution is 5.75. The summed E-state index contributed by atoms with van der Waals surface area (Å²) < 4.78 is 24.5. The van der Waals surface area contributed by atoms with E-state index < -0.39 is 0 Å². The molecule has 2 heterocycles. The van der Waals surface area contributed by atoms with Crippen molar-refractivity contribution < 1.29 is 18.7 Å². The molecule has 1 aliphatic heterocycles. The van der Waals surface area contributed by atoms with Crippen LogP contribution in [-0.4, -0.2) is 24.2 Å². The summed E-state index contributed by atoms with van der Waals surface area (Å²) in [6.45, 7) is 2.04. The Kier molecular flexibility index (Phi) is 6.05. The zero-order valence-electron chi connectivity index (χ0n) is 19.1. The van der Waals surface area contributed by atoms with Crippen molar-refractivity contribution in [1.82, 2.24) is 4.98 Å². The SMILES string of the molecule is COC=C1CC[C@@H]2[C@@H](C1)C[C@H]1C(=O)O[C@H](C)[C@H]1[C@H]2C=Cc1ccc(-c2cccc(F)c2)cn1. The third-order valence-electron chi connectivity index (χ3n) is 7.75. The maximum absolute atomic E-state index is 13.6. The summed E-state index contributed by atoms with van der Waals surface area (Å²) in [5.41, 5.74) is 3.91. The monoisotopic (exact) mass is 447 g/mol. The van der Waals surface area contributed by atoms with E-state index in [9.17, 15) is 9.18 Å². The van der Waals surface area contributed by atoms with Crippen molar-refractivity contribution >= 4 is 12.0 Å². The average Bonchev–Trinajstić information content (AvgIpc) is 3.10. The number of methoxy groups -OCH3 is 1. The number of ether oxygens (including phenoxy) is 2. The lowest BCUT2D eigenvalue weighted by Gasteiger charge is -2.46. The van der Waals surface area contributed by atoms with Gasteiger partial charge in [-0.1, -0.05) is 24.3 Å². The molecule has 0 N–H and O–H groups in total. The van der Waals surface area contributed by atoms with Gasteiger partial charge in [0, 0.05) is 17.7 Å². The van der Waals surface area contributed by atoms with Gasteiger partial charge in [-0.25, -0.2) is 4.39 Å². The second-order valence-corrected chi connectivity index (χ2v) is 9.66. The molecule has 0 radical (unpaired) electrons. The number of rotatable bonds is 4. The van der Waals surface area contributed by atoms with Gasteiger partial charge in [-0.05, 0) is 85.8 Å². The maximum Gasteiger partial charge on any atom is 0.309 e. The van der Waals surface area contributed by atoms with Crippen molar-refractivity contribution in [1.29, 1.82) is 0 Å². The molecule has 1 saturated heterocycles. The molecule has 0 bridgehead atoms. The van der Waals surface area contributed by atoms with Gasteiger partial charge in [0.05, 0.1) is 25.0 Å². The van der Waals surface area contributed by atoms with Crippen molar-refractivity contribution in [3.05, 3.63) is 72.0 Å². The number of hydrogen-bond acceptors (Lipinski definition) is 4. The molecule has 5 heteroatoms. The summed E-state index contributed by atoms with van der Waals surface area (Å²) in [7, 11) is 1.70. The summed E-state index contributed by atoms with van der Waals surface area (Å²) >= 11 is 0. The van der Waals surface area contributed by atoms with E-state index in [-0.39, 0.29) is 35.6 Å². The number of fused-ring (bicyclic) bond motifs is 2. The Hall–Kier alpha value is -2.95. The lowest BCUT2D eigenvalue weighted by molar-refractivity contribution is -0.144. The van der Waals surface area contributed by atoms with Crippen molar-refractivity contribution in [3.63, 3.8) is 0 Å². The van der Waals surface area contributed by atoms with Gasteiger partial charge in [-0.3, -0.25) is 9.78 Å². The number of halogens is 1. The van der Waals surface area contributed by atoms with Crippen LogP contribution in [0, 0.1) is 35.4 Å². The number of nitrogens with zero attached hydrogens (tertiary/aromatic N) is 1. The number of carbonyl (C=O) groups excluding carboxylic acids is 1. The molecule has 3 fully saturated rings. The van der Waals surface area contributed by atoms with E-state index in [2.05, 4.69) is 17.1 Å². The number of benzene rings is 1. The van der Waals surface area contributed by atoms with Gasteiger partial charge in [0.15, 0.2) is 0 Å². The highest BCUT2D eigenvalue weighted by Gasteiger charge is 2.54. The van der Waals surface area contributed by atoms with Crippen LogP contribution < -0.4 is 0 Å². The molecule has 33 heavy (non-hydrogen) atoms. The van der Waals surface area contributed by atoms with E-state index in [1.165, 1.54) is 17.7 Å². The predicted octanol–water partition coefficient (Wildman–Crippen LogP) is 6.05. The Balaban J connectivity index is 1.39. The molecule has 4 nitrogen and oxygen atoms in total. The molecule has 1 aromatic heterocycles. The van der Waals surface area contributed by atoms with Crippen molar-refractivity contribution in [2.24, 2.45) is 29.6 Å². The Labute approximate surface area is 194 Å². The van der Waals surface area contributed by atoms with Gasteiger partial charge in [-0.2, -0.15) is 0 Å². The molecule has 3 aliphatic rings. The largest absolute Gasteiger partial charge is 0.504 e. The highest BCUT2D eigenvalue weighted by Crippen LogP contribution is 2.54. The second-order valence-electron chi connectivity index (χ2n) is 9.66. The molecule has 0 spiro atoms. The van der Waals surface area contributed by atoms with E-state index >= 15 is 0 Å². The maximum atomic E-state index is 13.6. The smallest absolute Gasteiger partial charge is 0.309 e. The molecule has 0 unspecified atom stereocenters. The summed E-state index contributed by atoms with van der Waals surface area (Å²) in [5, 5.41) is 0. The third kappa shape index (κ3) is 4.33. The second kappa shape index (κ2) is 9.12. The molecule has 2 aromatic rings. The molecule has 0 amide bonds. The first-order valence-corrected chi connectivity index (χ1v) is 11.8. The first-order chi connectivity index (χ1) is 16.0. The lowest BCUT2D eigenvalue weighted by Crippen LogP contribution is -2.43. The average molecular weight is 448 g/mol. The summed E-state index contributed by atoms with van der Waals surface area (Å²) in [6, 6.07) is 10.5. The molecule has 5 rings (SSSR count). The first kappa shape index (κ1) is 21.9. The topological polar surface area (TPSA) is 48.4 Å². The van der Waals surface area contributed by atoms with E-state index in [1.807, 2.05) is 31.4 Å². The Bertz CT molecular complexity index is 1080. The highest BCUT2D eigenvalue weighted by atomic mass is 19.1. The van der Waals surface area contributed by atoms with E-state index in [4.69, 9.17) is 9.47 Å². The number of esters is 1. The zero-order chi connectivity index (χ0) is 22.9. The lowest BCUT2D eigenvalue weighted by atomic mass is 9.57. The first-order valence-electron chi connectivity index (χ1n) is 11.8. The minimum absolute atomic E-state index is 0.0268. The minimum Gasteiger partial charge on any atom is -0.504 e. The summed E-state index contributed by atoms with van der Waals surface area (Å²) in [6.07, 6.45) is 12.0. The summed E-state index contributed by atoms with van der Waals surface area (Å²) in [5.74, 6) is 1.18. The molecule has 1 aromatic carbocycles. The van der Waals surface area contributed by atoms with Crippen LogP contribution in [-0.2, 0) is 14.3 Å². The Morgan fingerprint density at radius 1 is 1.21 bits per heavy atom. The molecule has 2 aliphatic carbocycles. The van der Waals surface area contributed by atoms with Crippen LogP contribution in [0.5, 0.6) is 0 Å². The predicted molar refractivity (Wildman–Crippen MR) is 125 cm³/mol. The Morgan fingerprint density at radius 3 is 2.85 bits per heavy atom. The number of aromatic nitrogens is 1. The van der Waals surface area contributed by atoms with Crippen LogP contribution in [0.4, 0.5) is 4.39 Å². The molecule has 6 atom stereocenters. The fraction of sp³-hybridized carbons (Fsp3) is 0.429. The summed E-state index contributed by atoms with van der Waals surface area (Å²) in [4.78, 5) is 17.2. The number of cyclic esters (lactones) is 1. The quantitative estimate of drug-likeness (QED) is 0.423. The number of carbonyl (C=O) groups is 1. The Morgan fingerprint density at radius 2 is 2.09 bits per heavy atom. The van der Waals surface area contributed by atoms with Crippen LogP contribution in [0.2, 0.25) is 0 Å². The van der Waals surface area contributed by atoms with E-state index in [0.29, 0.717) is 11.8 Å². The molecular weight excluding hydrogens is 417 g/mol. The van der Waals surface area contributed by atoms with Crippen molar-refractivity contribution in [2.45, 2.75) is 38.7 Å².